The number of aromatic nitrogens is 4. The average Bonchev–Trinajstić information content (AvgIpc) is 3.28. The Morgan fingerprint density at radius 1 is 1.39 bits per heavy atom. The highest BCUT2D eigenvalue weighted by molar-refractivity contribution is 7.51. The van der Waals surface area contributed by atoms with Crippen molar-refractivity contribution in [1.82, 2.24) is 24.6 Å². The molecule has 0 radical (unpaired) electrons. The number of hydrogen-bond donors (Lipinski definition) is 2. The first-order valence-electron chi connectivity index (χ1n) is 10.8. The molecule has 0 spiro atoms. The van der Waals surface area contributed by atoms with E-state index in [2.05, 4.69) is 20.0 Å². The molecule has 2 saturated heterocycles. The molecule has 1 unspecified atom stereocenters. The van der Waals surface area contributed by atoms with Crippen LogP contribution in [0.2, 0.25) is 0 Å². The van der Waals surface area contributed by atoms with Crippen LogP contribution in [0.15, 0.2) is 6.33 Å². The number of nitrogens with one attached hydrogen (secondary N) is 1. The zero-order valence-electron chi connectivity index (χ0n) is 19.1. The van der Waals surface area contributed by atoms with Crippen LogP contribution in [0, 0.1) is 5.92 Å². The number of ether oxygens (including phenoxy) is 3. The summed E-state index contributed by atoms with van der Waals surface area (Å²) in [6.45, 7) is 9.17. The molecule has 6 atom stereocenters. The van der Waals surface area contributed by atoms with Gasteiger partial charge in [0.1, 0.15) is 24.5 Å². The van der Waals surface area contributed by atoms with Crippen LogP contribution in [0.4, 0.5) is 5.95 Å². The fraction of sp³-hybridized carbons (Fsp3) is 0.684. The van der Waals surface area contributed by atoms with E-state index in [0.29, 0.717) is 17.8 Å². The average molecular weight is 484 g/mol. The van der Waals surface area contributed by atoms with E-state index in [1.165, 1.54) is 6.92 Å². The summed E-state index contributed by atoms with van der Waals surface area (Å²) in [7, 11) is -3.77. The van der Waals surface area contributed by atoms with Crippen molar-refractivity contribution < 1.29 is 32.6 Å². The number of anilines is 1. The smallest absolute Gasteiger partial charge is 0.406 e. The second-order valence-electron chi connectivity index (χ2n) is 8.27. The van der Waals surface area contributed by atoms with Gasteiger partial charge in [-0.2, -0.15) is 9.97 Å². The summed E-state index contributed by atoms with van der Waals surface area (Å²) in [6.07, 6.45) is -0.293. The van der Waals surface area contributed by atoms with Gasteiger partial charge >= 0.3 is 13.7 Å². The second kappa shape index (κ2) is 9.15. The SMILES string of the molecule is CCOc1nc(N)nc2c1ncn2[C@@H]1O[C@@H]2COP(=O)(N[C@@H](C)C(=O)OC(C)C)O[C@H]2[C@@H]1C. The Kier molecular flexibility index (Phi) is 6.61. The molecule has 2 aromatic heterocycles. The van der Waals surface area contributed by atoms with Crippen LogP contribution in [0.5, 0.6) is 5.88 Å². The molecule has 14 heteroatoms. The van der Waals surface area contributed by atoms with E-state index in [1.54, 1.807) is 24.7 Å². The number of nitrogen functional groups attached to an aromatic ring is 1. The lowest BCUT2D eigenvalue weighted by Crippen LogP contribution is -2.42. The summed E-state index contributed by atoms with van der Waals surface area (Å²) in [5.41, 5.74) is 6.77. The Morgan fingerprint density at radius 2 is 2.15 bits per heavy atom. The third kappa shape index (κ3) is 4.69. The number of rotatable bonds is 7. The third-order valence-corrected chi connectivity index (χ3v) is 7.05. The molecular weight excluding hydrogens is 455 g/mol. The van der Waals surface area contributed by atoms with E-state index in [4.69, 9.17) is 29.0 Å². The van der Waals surface area contributed by atoms with E-state index in [-0.39, 0.29) is 30.5 Å². The number of imidazole rings is 1. The molecular formula is C19H29N6O7P. The molecule has 0 amide bonds. The van der Waals surface area contributed by atoms with Crippen LogP contribution in [0.25, 0.3) is 11.2 Å². The predicted octanol–water partition coefficient (Wildman–Crippen LogP) is 1.79. The molecule has 2 aliphatic heterocycles. The predicted molar refractivity (Wildman–Crippen MR) is 116 cm³/mol. The number of nitrogens with two attached hydrogens (primary N) is 1. The largest absolute Gasteiger partial charge is 0.476 e. The van der Waals surface area contributed by atoms with Gasteiger partial charge < -0.3 is 19.9 Å². The molecule has 13 nitrogen and oxygen atoms in total. The molecule has 4 rings (SSSR count). The Bertz CT molecular complexity index is 1080. The first kappa shape index (κ1) is 23.8. The van der Waals surface area contributed by atoms with Crippen molar-refractivity contribution in [3.05, 3.63) is 6.33 Å². The lowest BCUT2D eigenvalue weighted by Gasteiger charge is -2.33. The van der Waals surface area contributed by atoms with Crippen molar-refractivity contribution >= 4 is 30.8 Å². The van der Waals surface area contributed by atoms with Crippen LogP contribution in [0.1, 0.15) is 40.8 Å². The maximum absolute atomic E-state index is 13.2. The highest BCUT2D eigenvalue weighted by Crippen LogP contribution is 2.54. The highest BCUT2D eigenvalue weighted by atomic mass is 31.2. The third-order valence-electron chi connectivity index (χ3n) is 5.34. The van der Waals surface area contributed by atoms with Crippen molar-refractivity contribution in [2.45, 2.75) is 65.2 Å². The zero-order valence-corrected chi connectivity index (χ0v) is 20.0. The molecule has 4 heterocycles. The van der Waals surface area contributed by atoms with Gasteiger partial charge in [-0.25, -0.2) is 14.6 Å². The van der Waals surface area contributed by atoms with Gasteiger partial charge in [0.05, 0.1) is 25.6 Å². The minimum Gasteiger partial charge on any atom is -0.476 e. The molecule has 2 fully saturated rings. The summed E-state index contributed by atoms with van der Waals surface area (Å²) in [4.78, 5) is 24.9. The van der Waals surface area contributed by atoms with Gasteiger partial charge in [0.15, 0.2) is 11.2 Å². The maximum atomic E-state index is 13.2. The molecule has 0 bridgehead atoms. The summed E-state index contributed by atoms with van der Waals surface area (Å²) in [6, 6.07) is -0.877. The first-order valence-corrected chi connectivity index (χ1v) is 12.4. The number of nitrogens with zero attached hydrogens (tertiary/aromatic N) is 4. The van der Waals surface area contributed by atoms with Gasteiger partial charge in [-0.1, -0.05) is 6.92 Å². The van der Waals surface area contributed by atoms with E-state index in [1.807, 2.05) is 13.8 Å². The number of hydrogen-bond acceptors (Lipinski definition) is 11. The van der Waals surface area contributed by atoms with E-state index in [0.717, 1.165) is 0 Å². The van der Waals surface area contributed by atoms with Crippen molar-refractivity contribution in [3.8, 4) is 5.88 Å². The highest BCUT2D eigenvalue weighted by Gasteiger charge is 2.52. The molecule has 0 aromatic carbocycles. The van der Waals surface area contributed by atoms with Gasteiger partial charge in [-0.05, 0) is 27.7 Å². The monoisotopic (exact) mass is 484 g/mol. The Morgan fingerprint density at radius 3 is 2.85 bits per heavy atom. The van der Waals surface area contributed by atoms with Crippen molar-refractivity contribution in [2.75, 3.05) is 18.9 Å². The molecule has 182 valence electrons. The normalized spacial score (nSPS) is 30.4. The van der Waals surface area contributed by atoms with Crippen molar-refractivity contribution in [1.29, 1.82) is 0 Å². The van der Waals surface area contributed by atoms with Crippen LogP contribution in [0.3, 0.4) is 0 Å². The zero-order chi connectivity index (χ0) is 23.9. The second-order valence-corrected chi connectivity index (χ2v) is 9.99. The molecule has 3 N–H and O–H groups in total. The van der Waals surface area contributed by atoms with Gasteiger partial charge in [0.2, 0.25) is 11.8 Å². The number of fused-ring (bicyclic) bond motifs is 2. The molecule has 2 aliphatic rings. The van der Waals surface area contributed by atoms with E-state index < -0.39 is 38.2 Å². The fourth-order valence-electron chi connectivity index (χ4n) is 3.88. The van der Waals surface area contributed by atoms with Gasteiger partial charge in [-0.15, -0.1) is 0 Å². The Balaban J connectivity index is 1.53. The number of carbonyl (C=O) groups is 1. The fourth-order valence-corrected chi connectivity index (χ4v) is 5.65. The van der Waals surface area contributed by atoms with Crippen LogP contribution in [-0.4, -0.2) is 63.1 Å². The summed E-state index contributed by atoms with van der Waals surface area (Å²) >= 11 is 0. The lowest BCUT2D eigenvalue weighted by atomic mass is 10.0. The van der Waals surface area contributed by atoms with Crippen LogP contribution >= 0.6 is 7.75 Å². The van der Waals surface area contributed by atoms with Crippen molar-refractivity contribution in [2.24, 2.45) is 5.92 Å². The van der Waals surface area contributed by atoms with Crippen LogP contribution < -0.4 is 15.6 Å². The molecule has 0 aliphatic carbocycles. The molecule has 0 saturated carbocycles. The topological polar surface area (TPSA) is 162 Å². The molecule has 2 aromatic rings. The van der Waals surface area contributed by atoms with Gasteiger partial charge in [-0.3, -0.25) is 18.4 Å². The lowest BCUT2D eigenvalue weighted by molar-refractivity contribution is -0.149. The van der Waals surface area contributed by atoms with E-state index >= 15 is 0 Å². The van der Waals surface area contributed by atoms with Crippen molar-refractivity contribution in [3.63, 3.8) is 0 Å². The summed E-state index contributed by atoms with van der Waals surface area (Å²) < 4.78 is 43.1. The number of carbonyl (C=O) groups excluding carboxylic acids is 1. The van der Waals surface area contributed by atoms with E-state index in [9.17, 15) is 9.36 Å². The maximum Gasteiger partial charge on any atom is 0.406 e. The standard InChI is InChI=1S/C19H29N6O7P/c1-6-28-16-13-15(22-19(20)23-16)25(8-21-13)17-10(4)14-12(31-17)7-29-33(27,32-14)24-11(5)18(26)30-9(2)3/h8-12,14,17H,6-7H2,1-5H3,(H,24,27)(H2,20,22,23)/t10-,11-,12+,14-,17+,33?/m0/s1. The summed E-state index contributed by atoms with van der Waals surface area (Å²) in [5, 5.41) is 2.65. The molecule has 33 heavy (non-hydrogen) atoms. The summed E-state index contributed by atoms with van der Waals surface area (Å²) in [5.74, 6) is -0.463. The van der Waals surface area contributed by atoms with Gasteiger partial charge in [0, 0.05) is 5.92 Å². The van der Waals surface area contributed by atoms with Crippen LogP contribution in [-0.2, 0) is 27.9 Å². The minimum absolute atomic E-state index is 0.0235. The quantitative estimate of drug-likeness (QED) is 0.433. The minimum atomic E-state index is -3.77. The first-order chi connectivity index (χ1) is 15.6. The Hall–Kier alpha value is -2.31. The van der Waals surface area contributed by atoms with Gasteiger partial charge in [0.25, 0.3) is 0 Å². The Labute approximate surface area is 190 Å². The number of esters is 1.